The van der Waals surface area contributed by atoms with Crippen molar-refractivity contribution in [3.63, 3.8) is 0 Å². The number of carbonyl (C=O) groups is 1. The number of H-pyrrole nitrogens is 1. The lowest BCUT2D eigenvalue weighted by atomic mass is 10.2. The van der Waals surface area contributed by atoms with Gasteiger partial charge < -0.3 is 10.3 Å². The van der Waals surface area contributed by atoms with Crippen molar-refractivity contribution in [2.24, 2.45) is 0 Å². The summed E-state index contributed by atoms with van der Waals surface area (Å²) in [5.41, 5.74) is 2.89. The number of aromatic nitrogens is 5. The molecular formula is C19H17N7O3. The Balaban J connectivity index is 1.44. The van der Waals surface area contributed by atoms with Gasteiger partial charge in [0.05, 0.1) is 27.3 Å². The van der Waals surface area contributed by atoms with Gasteiger partial charge in [-0.05, 0) is 25.1 Å². The van der Waals surface area contributed by atoms with Crippen LogP contribution in [-0.2, 0) is 6.42 Å². The first-order valence-corrected chi connectivity index (χ1v) is 8.92. The number of fused-ring (bicyclic) bond motifs is 1. The van der Waals surface area contributed by atoms with Gasteiger partial charge in [-0.15, -0.1) is 5.10 Å². The summed E-state index contributed by atoms with van der Waals surface area (Å²) in [5, 5.41) is 21.7. The van der Waals surface area contributed by atoms with Crippen LogP contribution < -0.4 is 5.32 Å². The number of hydrogen-bond acceptors (Lipinski definition) is 6. The van der Waals surface area contributed by atoms with Crippen LogP contribution in [0.4, 0.5) is 5.69 Å². The van der Waals surface area contributed by atoms with Gasteiger partial charge in [-0.1, -0.05) is 23.4 Å². The lowest BCUT2D eigenvalue weighted by molar-refractivity contribution is -0.384. The number of para-hydroxylation sites is 2. The SMILES string of the molecule is Cc1c(C(=O)NCCc2nc3ccccc3[nH]2)nnn1-c1cccc([N+](=O)[O-])c1. The number of imidazole rings is 1. The van der Waals surface area contributed by atoms with Crippen LogP contribution in [0.25, 0.3) is 16.7 Å². The molecule has 0 saturated heterocycles. The zero-order valence-corrected chi connectivity index (χ0v) is 15.5. The molecule has 2 N–H and O–H groups in total. The number of non-ortho nitro benzene ring substituents is 1. The molecule has 2 aromatic heterocycles. The first-order valence-electron chi connectivity index (χ1n) is 8.92. The van der Waals surface area contributed by atoms with Crippen LogP contribution in [-0.4, -0.2) is 42.3 Å². The Morgan fingerprint density at radius 2 is 2.07 bits per heavy atom. The van der Waals surface area contributed by atoms with Gasteiger partial charge in [0.1, 0.15) is 5.82 Å². The van der Waals surface area contributed by atoms with Crippen LogP contribution >= 0.6 is 0 Å². The Bertz CT molecular complexity index is 1180. The first-order chi connectivity index (χ1) is 14.0. The summed E-state index contributed by atoms with van der Waals surface area (Å²) in [6.45, 7) is 2.06. The fourth-order valence-corrected chi connectivity index (χ4v) is 3.02. The molecule has 2 aromatic carbocycles. The van der Waals surface area contributed by atoms with E-state index in [1.165, 1.54) is 16.8 Å². The third kappa shape index (κ3) is 3.68. The average molecular weight is 391 g/mol. The van der Waals surface area contributed by atoms with E-state index in [1.807, 2.05) is 24.3 Å². The van der Waals surface area contributed by atoms with E-state index in [9.17, 15) is 14.9 Å². The lowest BCUT2D eigenvalue weighted by Crippen LogP contribution is -2.27. The molecule has 0 radical (unpaired) electrons. The van der Waals surface area contributed by atoms with Crippen LogP contribution in [0.5, 0.6) is 0 Å². The van der Waals surface area contributed by atoms with E-state index in [1.54, 1.807) is 19.1 Å². The highest BCUT2D eigenvalue weighted by atomic mass is 16.6. The predicted octanol–water partition coefficient (Wildman–Crippen LogP) is 2.33. The number of carbonyl (C=O) groups excluding carboxylic acids is 1. The molecule has 2 heterocycles. The summed E-state index contributed by atoms with van der Waals surface area (Å²) in [6.07, 6.45) is 0.540. The topological polar surface area (TPSA) is 132 Å². The number of benzene rings is 2. The zero-order chi connectivity index (χ0) is 20.4. The molecule has 10 nitrogen and oxygen atoms in total. The molecule has 0 fully saturated rings. The molecule has 0 aliphatic rings. The molecule has 0 aliphatic heterocycles. The molecular weight excluding hydrogens is 374 g/mol. The van der Waals surface area contributed by atoms with Gasteiger partial charge in [0, 0.05) is 25.1 Å². The van der Waals surface area contributed by atoms with Crippen LogP contribution in [0.15, 0.2) is 48.5 Å². The fourth-order valence-electron chi connectivity index (χ4n) is 3.02. The average Bonchev–Trinajstić information content (AvgIpc) is 3.31. The molecule has 10 heteroatoms. The van der Waals surface area contributed by atoms with Gasteiger partial charge in [0.15, 0.2) is 5.69 Å². The molecule has 0 saturated carbocycles. The number of rotatable bonds is 6. The summed E-state index contributed by atoms with van der Waals surface area (Å²) < 4.78 is 1.40. The second-order valence-electron chi connectivity index (χ2n) is 6.42. The highest BCUT2D eigenvalue weighted by molar-refractivity contribution is 5.93. The van der Waals surface area contributed by atoms with Gasteiger partial charge in [0.25, 0.3) is 11.6 Å². The van der Waals surface area contributed by atoms with Crippen molar-refractivity contribution in [1.29, 1.82) is 0 Å². The van der Waals surface area contributed by atoms with Gasteiger partial charge in [-0.25, -0.2) is 9.67 Å². The second-order valence-corrected chi connectivity index (χ2v) is 6.42. The highest BCUT2D eigenvalue weighted by Gasteiger charge is 2.18. The van der Waals surface area contributed by atoms with Crippen molar-refractivity contribution < 1.29 is 9.72 Å². The monoisotopic (exact) mass is 391 g/mol. The second kappa shape index (κ2) is 7.50. The first kappa shape index (κ1) is 18.3. The number of amides is 1. The normalized spacial score (nSPS) is 10.9. The number of nitro benzene ring substituents is 1. The fraction of sp³-hybridized carbons (Fsp3) is 0.158. The predicted molar refractivity (Wildman–Crippen MR) is 105 cm³/mol. The minimum absolute atomic E-state index is 0.0609. The third-order valence-corrected chi connectivity index (χ3v) is 4.48. The van der Waals surface area contributed by atoms with E-state index >= 15 is 0 Å². The van der Waals surface area contributed by atoms with Crippen molar-refractivity contribution >= 4 is 22.6 Å². The largest absolute Gasteiger partial charge is 0.350 e. The van der Waals surface area contributed by atoms with Crippen LogP contribution in [0, 0.1) is 17.0 Å². The highest BCUT2D eigenvalue weighted by Crippen LogP contribution is 2.18. The van der Waals surface area contributed by atoms with E-state index in [4.69, 9.17) is 0 Å². The van der Waals surface area contributed by atoms with Crippen molar-refractivity contribution in [2.45, 2.75) is 13.3 Å². The number of nitrogens with one attached hydrogen (secondary N) is 2. The van der Waals surface area contributed by atoms with Crippen molar-refractivity contribution in [3.05, 3.63) is 75.9 Å². The molecule has 0 spiro atoms. The Morgan fingerprint density at radius 3 is 2.86 bits per heavy atom. The molecule has 0 aliphatic carbocycles. The Hall–Kier alpha value is -4.08. The lowest BCUT2D eigenvalue weighted by Gasteiger charge is -2.04. The minimum Gasteiger partial charge on any atom is -0.350 e. The van der Waals surface area contributed by atoms with Gasteiger partial charge in [-0.2, -0.15) is 0 Å². The molecule has 146 valence electrons. The molecule has 0 unspecified atom stereocenters. The van der Waals surface area contributed by atoms with E-state index < -0.39 is 4.92 Å². The summed E-state index contributed by atoms with van der Waals surface area (Å²) in [4.78, 5) is 30.6. The van der Waals surface area contributed by atoms with E-state index in [2.05, 4.69) is 25.6 Å². The maximum Gasteiger partial charge on any atom is 0.273 e. The molecule has 29 heavy (non-hydrogen) atoms. The minimum atomic E-state index is -0.485. The summed E-state index contributed by atoms with van der Waals surface area (Å²) in [7, 11) is 0. The smallest absolute Gasteiger partial charge is 0.273 e. The summed E-state index contributed by atoms with van der Waals surface area (Å²) >= 11 is 0. The molecule has 4 aromatic rings. The van der Waals surface area contributed by atoms with Crippen LogP contribution in [0.1, 0.15) is 22.0 Å². The number of aromatic amines is 1. The Labute approximate surface area is 164 Å². The molecule has 0 bridgehead atoms. The van der Waals surface area contributed by atoms with Crippen LogP contribution in [0.2, 0.25) is 0 Å². The molecule has 4 rings (SSSR count). The molecule has 0 atom stereocenters. The Morgan fingerprint density at radius 1 is 1.24 bits per heavy atom. The van der Waals surface area contributed by atoms with Crippen molar-refractivity contribution in [2.75, 3.05) is 6.54 Å². The zero-order valence-electron chi connectivity index (χ0n) is 15.5. The summed E-state index contributed by atoms with van der Waals surface area (Å²) in [5.74, 6) is 0.416. The van der Waals surface area contributed by atoms with Gasteiger partial charge >= 0.3 is 0 Å². The number of nitrogens with zero attached hydrogens (tertiary/aromatic N) is 5. The van der Waals surface area contributed by atoms with Gasteiger partial charge in [-0.3, -0.25) is 14.9 Å². The standard InChI is InChI=1S/C19H17N7O3/c1-12-18(23-24-25(12)13-5-4-6-14(11-13)26(28)29)19(27)20-10-9-17-21-15-7-2-3-8-16(15)22-17/h2-8,11H,9-10H2,1H3,(H,20,27)(H,21,22). The van der Waals surface area contributed by atoms with E-state index in [0.717, 1.165) is 16.9 Å². The van der Waals surface area contributed by atoms with E-state index in [0.29, 0.717) is 24.3 Å². The van der Waals surface area contributed by atoms with Crippen molar-refractivity contribution in [1.82, 2.24) is 30.3 Å². The van der Waals surface area contributed by atoms with E-state index in [-0.39, 0.29) is 17.3 Å². The number of nitro groups is 1. The maximum atomic E-state index is 12.5. The van der Waals surface area contributed by atoms with Gasteiger partial charge in [0.2, 0.25) is 0 Å². The maximum absolute atomic E-state index is 12.5. The number of hydrogen-bond donors (Lipinski definition) is 2. The third-order valence-electron chi connectivity index (χ3n) is 4.48. The molecule has 1 amide bonds. The quantitative estimate of drug-likeness (QED) is 0.383. The Kier molecular flexibility index (Phi) is 4.73. The van der Waals surface area contributed by atoms with Crippen molar-refractivity contribution in [3.8, 4) is 5.69 Å². The summed E-state index contributed by atoms with van der Waals surface area (Å²) in [6, 6.07) is 13.7. The van der Waals surface area contributed by atoms with Crippen LogP contribution in [0.3, 0.4) is 0 Å².